The van der Waals surface area contributed by atoms with Crippen LogP contribution in [-0.4, -0.2) is 43.7 Å². The molecule has 0 aromatic heterocycles. The number of phosphoric acid groups is 1. The Bertz CT molecular complexity index is 263. The molecule has 1 rings (SSSR count). The summed E-state index contributed by atoms with van der Waals surface area (Å²) < 4.78 is 30.8. The second kappa shape index (κ2) is 6.07. The van der Waals surface area contributed by atoms with Gasteiger partial charge in [0.2, 0.25) is 0 Å². The van der Waals surface area contributed by atoms with E-state index in [1.165, 1.54) is 0 Å². The second-order valence-electron chi connectivity index (χ2n) is 3.54. The van der Waals surface area contributed by atoms with E-state index in [1.54, 1.807) is 0 Å². The highest BCUT2D eigenvalue weighted by molar-refractivity contribution is 7.47. The SMILES string of the molecule is COP(=O)(O)OC[C@H]1OC(C)C[C@@H]1OCN. The number of nitrogens with two attached hydrogens (primary N) is 1. The molecule has 1 saturated heterocycles. The molecule has 0 aromatic rings. The van der Waals surface area contributed by atoms with Crippen molar-refractivity contribution in [2.24, 2.45) is 5.73 Å². The number of hydrogen-bond acceptors (Lipinski definition) is 6. The molecular formula is C8H18NO6P. The summed E-state index contributed by atoms with van der Waals surface area (Å²) in [6.45, 7) is 1.91. The summed E-state index contributed by atoms with van der Waals surface area (Å²) in [5, 5.41) is 0. The number of phosphoric ester groups is 1. The summed E-state index contributed by atoms with van der Waals surface area (Å²) in [5.74, 6) is 0. The summed E-state index contributed by atoms with van der Waals surface area (Å²) in [6, 6.07) is 0. The zero-order valence-corrected chi connectivity index (χ0v) is 10.3. The molecule has 0 amide bonds. The number of hydrogen-bond donors (Lipinski definition) is 2. The monoisotopic (exact) mass is 255 g/mol. The fourth-order valence-corrected chi connectivity index (χ4v) is 2.03. The minimum absolute atomic E-state index is 0.0192. The van der Waals surface area contributed by atoms with Crippen LogP contribution >= 0.6 is 7.82 Å². The van der Waals surface area contributed by atoms with Gasteiger partial charge >= 0.3 is 7.82 Å². The van der Waals surface area contributed by atoms with Crippen molar-refractivity contribution in [3.8, 4) is 0 Å². The van der Waals surface area contributed by atoms with Gasteiger partial charge in [-0.05, 0) is 6.92 Å². The van der Waals surface area contributed by atoms with Crippen LogP contribution in [0.1, 0.15) is 13.3 Å². The Hall–Kier alpha value is -0.0100. The van der Waals surface area contributed by atoms with Gasteiger partial charge in [0.25, 0.3) is 0 Å². The van der Waals surface area contributed by atoms with Crippen LogP contribution in [-0.2, 0) is 23.1 Å². The molecule has 3 N–H and O–H groups in total. The van der Waals surface area contributed by atoms with Crippen LogP contribution in [0.25, 0.3) is 0 Å². The minimum Gasteiger partial charge on any atom is -0.370 e. The Labute approximate surface area is 94.4 Å². The average molecular weight is 255 g/mol. The van der Waals surface area contributed by atoms with Crippen LogP contribution in [0.2, 0.25) is 0 Å². The van der Waals surface area contributed by atoms with E-state index >= 15 is 0 Å². The standard InChI is InChI=1S/C8H18NO6P/c1-6-3-7(13-5-9)8(15-6)4-14-16(10,11)12-2/h6-8H,3-5,9H2,1-2H3,(H,10,11)/t6?,7-,8+/m0/s1. The maximum absolute atomic E-state index is 11.1. The molecule has 1 fully saturated rings. The van der Waals surface area contributed by atoms with E-state index in [1.807, 2.05) is 6.92 Å². The van der Waals surface area contributed by atoms with Gasteiger partial charge in [-0.1, -0.05) is 0 Å². The van der Waals surface area contributed by atoms with Gasteiger partial charge in [0.15, 0.2) is 0 Å². The van der Waals surface area contributed by atoms with Crippen molar-refractivity contribution in [1.29, 1.82) is 0 Å². The van der Waals surface area contributed by atoms with E-state index < -0.39 is 13.9 Å². The summed E-state index contributed by atoms with van der Waals surface area (Å²) in [5.41, 5.74) is 5.28. The van der Waals surface area contributed by atoms with Crippen LogP contribution < -0.4 is 5.73 Å². The molecular weight excluding hydrogens is 237 g/mol. The Balaban J connectivity index is 2.43. The second-order valence-corrected chi connectivity index (χ2v) is 5.10. The maximum Gasteiger partial charge on any atom is 0.472 e. The molecule has 16 heavy (non-hydrogen) atoms. The highest BCUT2D eigenvalue weighted by atomic mass is 31.2. The first-order valence-electron chi connectivity index (χ1n) is 4.98. The van der Waals surface area contributed by atoms with Gasteiger partial charge in [-0.15, -0.1) is 0 Å². The maximum atomic E-state index is 11.1. The molecule has 0 aromatic carbocycles. The molecule has 8 heteroatoms. The quantitative estimate of drug-likeness (QED) is 0.517. The molecule has 4 atom stereocenters. The van der Waals surface area contributed by atoms with E-state index in [9.17, 15) is 4.57 Å². The highest BCUT2D eigenvalue weighted by Crippen LogP contribution is 2.42. The summed E-state index contributed by atoms with van der Waals surface area (Å²) >= 11 is 0. The first kappa shape index (κ1) is 14.1. The van der Waals surface area contributed by atoms with Gasteiger partial charge in [-0.2, -0.15) is 0 Å². The van der Waals surface area contributed by atoms with Crippen molar-refractivity contribution in [3.05, 3.63) is 0 Å². The smallest absolute Gasteiger partial charge is 0.370 e. The third-order valence-electron chi connectivity index (χ3n) is 2.33. The van der Waals surface area contributed by atoms with Gasteiger partial charge in [-0.3, -0.25) is 9.05 Å². The van der Waals surface area contributed by atoms with Crippen molar-refractivity contribution >= 4 is 7.82 Å². The van der Waals surface area contributed by atoms with E-state index in [4.69, 9.17) is 24.6 Å². The topological polar surface area (TPSA) is 100 Å². The van der Waals surface area contributed by atoms with Crippen molar-refractivity contribution in [2.45, 2.75) is 31.7 Å². The molecule has 0 radical (unpaired) electrons. The van der Waals surface area contributed by atoms with E-state index in [2.05, 4.69) is 4.52 Å². The van der Waals surface area contributed by atoms with Crippen LogP contribution in [0.3, 0.4) is 0 Å². The van der Waals surface area contributed by atoms with Gasteiger partial charge in [0.05, 0.1) is 25.5 Å². The van der Waals surface area contributed by atoms with Crippen molar-refractivity contribution in [3.63, 3.8) is 0 Å². The van der Waals surface area contributed by atoms with Crippen molar-refractivity contribution < 1.29 is 28.0 Å². The predicted molar refractivity (Wildman–Crippen MR) is 55.7 cm³/mol. The third kappa shape index (κ3) is 4.10. The summed E-state index contributed by atoms with van der Waals surface area (Å²) in [7, 11) is -2.85. The molecule has 0 saturated carbocycles. The highest BCUT2D eigenvalue weighted by Gasteiger charge is 2.35. The number of rotatable bonds is 6. The van der Waals surface area contributed by atoms with Crippen molar-refractivity contribution in [1.82, 2.24) is 0 Å². The molecule has 0 bridgehead atoms. The van der Waals surface area contributed by atoms with Gasteiger partial charge in [0, 0.05) is 13.5 Å². The first-order valence-corrected chi connectivity index (χ1v) is 6.48. The summed E-state index contributed by atoms with van der Waals surface area (Å²) in [6.07, 6.45) is 0.102. The Morgan fingerprint density at radius 2 is 2.31 bits per heavy atom. The van der Waals surface area contributed by atoms with Gasteiger partial charge in [-0.25, -0.2) is 4.57 Å². The minimum atomic E-state index is -3.96. The third-order valence-corrected chi connectivity index (χ3v) is 3.27. The molecule has 1 heterocycles. The first-order chi connectivity index (χ1) is 7.48. The predicted octanol–water partition coefficient (Wildman–Crippen LogP) is 0.229. The van der Waals surface area contributed by atoms with E-state index in [0.717, 1.165) is 7.11 Å². The van der Waals surface area contributed by atoms with Crippen molar-refractivity contribution in [2.75, 3.05) is 20.4 Å². The molecule has 0 spiro atoms. The lowest BCUT2D eigenvalue weighted by atomic mass is 10.1. The van der Waals surface area contributed by atoms with Crippen LogP contribution in [0.4, 0.5) is 0 Å². The van der Waals surface area contributed by atoms with Gasteiger partial charge in [0.1, 0.15) is 6.10 Å². The largest absolute Gasteiger partial charge is 0.472 e. The Morgan fingerprint density at radius 3 is 2.88 bits per heavy atom. The number of ether oxygens (including phenoxy) is 2. The van der Waals surface area contributed by atoms with Gasteiger partial charge < -0.3 is 20.1 Å². The van der Waals surface area contributed by atoms with E-state index in [-0.39, 0.29) is 25.5 Å². The van der Waals surface area contributed by atoms with Crippen LogP contribution in [0.5, 0.6) is 0 Å². The molecule has 0 aliphatic carbocycles. The molecule has 1 aliphatic rings. The fourth-order valence-electron chi connectivity index (χ4n) is 1.59. The lowest BCUT2D eigenvalue weighted by Gasteiger charge is -2.19. The zero-order valence-electron chi connectivity index (χ0n) is 9.37. The fraction of sp³-hybridized carbons (Fsp3) is 1.00. The van der Waals surface area contributed by atoms with Crippen LogP contribution in [0, 0.1) is 0 Å². The summed E-state index contributed by atoms with van der Waals surface area (Å²) in [4.78, 5) is 9.06. The Kier molecular flexibility index (Phi) is 5.33. The normalized spacial score (nSPS) is 33.9. The van der Waals surface area contributed by atoms with Crippen LogP contribution in [0.15, 0.2) is 0 Å². The zero-order chi connectivity index (χ0) is 12.2. The molecule has 7 nitrogen and oxygen atoms in total. The average Bonchev–Trinajstić information content (AvgIpc) is 2.57. The Morgan fingerprint density at radius 1 is 1.62 bits per heavy atom. The lowest BCUT2D eigenvalue weighted by Crippen LogP contribution is -2.30. The van der Waals surface area contributed by atoms with E-state index in [0.29, 0.717) is 6.42 Å². The molecule has 1 aliphatic heterocycles. The lowest BCUT2D eigenvalue weighted by molar-refractivity contribution is -0.0427. The molecule has 96 valence electrons. The molecule has 2 unspecified atom stereocenters.